The number of rotatable bonds is 2. The summed E-state index contributed by atoms with van der Waals surface area (Å²) in [6, 6.07) is 0. The molecule has 5 nitrogen and oxygen atoms in total. The molecule has 0 saturated carbocycles. The van der Waals surface area contributed by atoms with E-state index in [1.807, 2.05) is 0 Å². The van der Waals surface area contributed by atoms with E-state index >= 15 is 0 Å². The van der Waals surface area contributed by atoms with Crippen LogP contribution in [0.2, 0.25) is 0 Å². The quantitative estimate of drug-likeness (QED) is 0.701. The third kappa shape index (κ3) is 1.49. The van der Waals surface area contributed by atoms with Gasteiger partial charge < -0.3 is 15.1 Å². The number of carboxylic acids is 1. The monoisotopic (exact) mass is 209 g/mol. The maximum absolute atomic E-state index is 12.5. The summed E-state index contributed by atoms with van der Waals surface area (Å²) in [5.41, 5.74) is -2.22. The number of hydrogen-bond acceptors (Lipinski definition) is 2. The summed E-state index contributed by atoms with van der Waals surface area (Å²) >= 11 is 0. The first kappa shape index (κ1) is 10.7. The number of carbonyl (C=O) groups is 2. The van der Waals surface area contributed by atoms with E-state index in [4.69, 9.17) is 10.2 Å². The molecular weight excluding hydrogens is 200 g/mol. The van der Waals surface area contributed by atoms with Crippen LogP contribution in [0.3, 0.4) is 0 Å². The highest BCUT2D eigenvalue weighted by atomic mass is 19.3. The topological polar surface area (TPSA) is 77.8 Å². The van der Waals surface area contributed by atoms with Crippen molar-refractivity contribution >= 4 is 12.1 Å². The van der Waals surface area contributed by atoms with Gasteiger partial charge in [-0.15, -0.1) is 0 Å². The summed E-state index contributed by atoms with van der Waals surface area (Å²) in [6.07, 6.45) is -4.76. The number of likely N-dealkylation sites (tertiary alicyclic amines) is 1. The number of hydrogen-bond donors (Lipinski definition) is 2. The predicted molar refractivity (Wildman–Crippen MR) is 40.3 cm³/mol. The summed E-state index contributed by atoms with van der Waals surface area (Å²) < 4.78 is 25.0. The number of aliphatic carboxylic acids is 1. The van der Waals surface area contributed by atoms with Crippen LogP contribution in [0.1, 0.15) is 6.42 Å². The smallest absolute Gasteiger partial charge is 0.407 e. The lowest BCUT2D eigenvalue weighted by atomic mass is 9.88. The molecule has 0 aromatic carbocycles. The van der Waals surface area contributed by atoms with Crippen LogP contribution in [0.25, 0.3) is 0 Å². The fraction of sp³-hybridized carbons (Fsp3) is 0.714. The molecule has 1 heterocycles. The highest BCUT2D eigenvalue weighted by Crippen LogP contribution is 2.36. The molecule has 0 spiro atoms. The van der Waals surface area contributed by atoms with Gasteiger partial charge in [0.05, 0.1) is 0 Å². The van der Waals surface area contributed by atoms with Crippen molar-refractivity contribution in [3.05, 3.63) is 0 Å². The molecule has 0 bridgehead atoms. The van der Waals surface area contributed by atoms with Crippen molar-refractivity contribution in [3.63, 3.8) is 0 Å². The first-order chi connectivity index (χ1) is 6.40. The zero-order chi connectivity index (χ0) is 10.9. The molecule has 1 fully saturated rings. The Labute approximate surface area is 77.9 Å². The Morgan fingerprint density at radius 2 is 1.93 bits per heavy atom. The van der Waals surface area contributed by atoms with E-state index in [0.29, 0.717) is 4.90 Å². The number of amides is 1. The highest BCUT2D eigenvalue weighted by Gasteiger charge is 2.53. The fourth-order valence-electron chi connectivity index (χ4n) is 1.44. The third-order valence-electron chi connectivity index (χ3n) is 2.42. The Hall–Kier alpha value is -1.40. The van der Waals surface area contributed by atoms with Gasteiger partial charge in [0.25, 0.3) is 6.43 Å². The van der Waals surface area contributed by atoms with Gasteiger partial charge in [0.15, 0.2) is 0 Å². The van der Waals surface area contributed by atoms with Gasteiger partial charge >= 0.3 is 12.1 Å². The largest absolute Gasteiger partial charge is 0.481 e. The van der Waals surface area contributed by atoms with Gasteiger partial charge in [0.2, 0.25) is 0 Å². The van der Waals surface area contributed by atoms with Gasteiger partial charge in [-0.25, -0.2) is 13.6 Å². The van der Waals surface area contributed by atoms with E-state index < -0.39 is 30.4 Å². The lowest BCUT2D eigenvalue weighted by molar-refractivity contribution is -0.157. The normalized spacial score (nSPS) is 26.9. The molecule has 80 valence electrons. The van der Waals surface area contributed by atoms with Crippen molar-refractivity contribution in [2.45, 2.75) is 12.8 Å². The van der Waals surface area contributed by atoms with Gasteiger partial charge in [0, 0.05) is 13.1 Å². The molecule has 1 amide bonds. The van der Waals surface area contributed by atoms with Crippen LogP contribution in [0.15, 0.2) is 0 Å². The summed E-state index contributed by atoms with van der Waals surface area (Å²) in [4.78, 5) is 21.8. The number of nitrogens with zero attached hydrogens (tertiary/aromatic N) is 1. The minimum Gasteiger partial charge on any atom is -0.481 e. The molecular formula is C7H9F2NO4. The first-order valence-corrected chi connectivity index (χ1v) is 3.89. The maximum atomic E-state index is 12.5. The first-order valence-electron chi connectivity index (χ1n) is 3.89. The summed E-state index contributed by atoms with van der Waals surface area (Å²) in [5.74, 6) is -1.64. The third-order valence-corrected chi connectivity index (χ3v) is 2.42. The average Bonchev–Trinajstić information content (AvgIpc) is 2.48. The second-order valence-corrected chi connectivity index (χ2v) is 3.22. The molecule has 0 aromatic rings. The number of halogens is 2. The van der Waals surface area contributed by atoms with Crippen LogP contribution in [-0.2, 0) is 4.79 Å². The van der Waals surface area contributed by atoms with Crippen LogP contribution < -0.4 is 0 Å². The van der Waals surface area contributed by atoms with Crippen molar-refractivity contribution in [3.8, 4) is 0 Å². The van der Waals surface area contributed by atoms with Crippen molar-refractivity contribution < 1.29 is 28.6 Å². The van der Waals surface area contributed by atoms with Gasteiger partial charge in [-0.05, 0) is 6.42 Å². The minimum atomic E-state index is -3.05. The van der Waals surface area contributed by atoms with Crippen LogP contribution in [0, 0.1) is 5.41 Å². The van der Waals surface area contributed by atoms with E-state index in [9.17, 15) is 18.4 Å². The van der Waals surface area contributed by atoms with Crippen LogP contribution >= 0.6 is 0 Å². The Bertz CT molecular complexity index is 270. The number of alkyl halides is 2. The summed E-state index contributed by atoms with van der Waals surface area (Å²) in [5, 5.41) is 17.1. The molecule has 1 aliphatic rings. The van der Waals surface area contributed by atoms with E-state index in [1.165, 1.54) is 0 Å². The molecule has 1 saturated heterocycles. The zero-order valence-corrected chi connectivity index (χ0v) is 7.11. The predicted octanol–water partition coefficient (Wildman–Crippen LogP) is 0.706. The molecule has 0 aromatic heterocycles. The average molecular weight is 209 g/mol. The van der Waals surface area contributed by atoms with E-state index in [0.717, 1.165) is 0 Å². The van der Waals surface area contributed by atoms with Crippen LogP contribution in [0.5, 0.6) is 0 Å². The molecule has 1 rings (SSSR count). The van der Waals surface area contributed by atoms with Crippen molar-refractivity contribution in [2.75, 3.05) is 13.1 Å². The Balaban J connectivity index is 2.85. The van der Waals surface area contributed by atoms with Gasteiger partial charge in [0.1, 0.15) is 5.41 Å². The van der Waals surface area contributed by atoms with E-state index in [1.54, 1.807) is 0 Å². The van der Waals surface area contributed by atoms with Crippen molar-refractivity contribution in [1.29, 1.82) is 0 Å². The van der Waals surface area contributed by atoms with Crippen molar-refractivity contribution in [1.82, 2.24) is 4.90 Å². The lowest BCUT2D eigenvalue weighted by Crippen LogP contribution is -2.41. The van der Waals surface area contributed by atoms with Crippen LogP contribution in [-0.4, -0.2) is 46.7 Å². The SMILES string of the molecule is O=C(O)N1CCC(C(=O)O)(C(F)F)C1. The van der Waals surface area contributed by atoms with E-state index in [-0.39, 0.29) is 13.0 Å². The van der Waals surface area contributed by atoms with E-state index in [2.05, 4.69) is 0 Å². The fourth-order valence-corrected chi connectivity index (χ4v) is 1.44. The Morgan fingerprint density at radius 3 is 2.14 bits per heavy atom. The second kappa shape index (κ2) is 3.39. The Kier molecular flexibility index (Phi) is 2.59. The van der Waals surface area contributed by atoms with Crippen LogP contribution in [0.4, 0.5) is 13.6 Å². The molecule has 0 radical (unpaired) electrons. The molecule has 1 unspecified atom stereocenters. The molecule has 2 N–H and O–H groups in total. The van der Waals surface area contributed by atoms with Gasteiger partial charge in [-0.2, -0.15) is 0 Å². The van der Waals surface area contributed by atoms with Gasteiger partial charge in [-0.1, -0.05) is 0 Å². The minimum absolute atomic E-state index is 0.161. The summed E-state index contributed by atoms with van der Waals surface area (Å²) in [7, 11) is 0. The lowest BCUT2D eigenvalue weighted by Gasteiger charge is -2.22. The molecule has 14 heavy (non-hydrogen) atoms. The second-order valence-electron chi connectivity index (χ2n) is 3.22. The molecule has 1 atom stereocenters. The molecule has 0 aliphatic carbocycles. The highest BCUT2D eigenvalue weighted by molar-refractivity contribution is 5.78. The zero-order valence-electron chi connectivity index (χ0n) is 7.11. The molecule has 1 aliphatic heterocycles. The number of carboxylic acid groups (broad SMARTS) is 2. The van der Waals surface area contributed by atoms with Crippen molar-refractivity contribution in [2.24, 2.45) is 5.41 Å². The standard InChI is InChI=1S/C7H9F2NO4/c8-4(9)7(5(11)12)1-2-10(3-7)6(13)14/h4H,1-3H2,(H,11,12)(H,13,14). The van der Waals surface area contributed by atoms with Gasteiger partial charge in [-0.3, -0.25) is 4.79 Å². The summed E-state index contributed by atoms with van der Waals surface area (Å²) in [6.45, 7) is -0.804. The maximum Gasteiger partial charge on any atom is 0.407 e. The Morgan fingerprint density at radius 1 is 1.36 bits per heavy atom. The molecule has 7 heteroatoms.